The number of rotatable bonds is 5. The van der Waals surface area contributed by atoms with Gasteiger partial charge in [0.25, 0.3) is 0 Å². The van der Waals surface area contributed by atoms with Gasteiger partial charge in [0, 0.05) is 23.5 Å². The lowest BCUT2D eigenvalue weighted by Gasteiger charge is -2.18. The second kappa shape index (κ2) is 4.74. The molecule has 0 radical (unpaired) electrons. The van der Waals surface area contributed by atoms with Gasteiger partial charge in [-0.1, -0.05) is 6.07 Å². The van der Waals surface area contributed by atoms with Crippen molar-refractivity contribution in [1.29, 1.82) is 0 Å². The molecule has 0 spiro atoms. The lowest BCUT2D eigenvalue weighted by molar-refractivity contribution is 0.469. The Bertz CT molecular complexity index is 224. The van der Waals surface area contributed by atoms with Crippen molar-refractivity contribution in [3.8, 4) is 0 Å². The van der Waals surface area contributed by atoms with Gasteiger partial charge in [0.05, 0.1) is 0 Å². The Balaban J connectivity index is 2.09. The molecule has 3 N–H and O–H groups in total. The Kier molecular flexibility index (Phi) is 3.90. The summed E-state index contributed by atoms with van der Waals surface area (Å²) < 4.78 is 0. The molecule has 0 saturated carbocycles. The molecule has 0 fully saturated rings. The van der Waals surface area contributed by atoms with E-state index in [-0.39, 0.29) is 5.54 Å². The Morgan fingerprint density at radius 2 is 2.31 bits per heavy atom. The lowest BCUT2D eigenvalue weighted by Crippen LogP contribution is -2.43. The molecule has 74 valence electrons. The van der Waals surface area contributed by atoms with E-state index in [9.17, 15) is 0 Å². The first-order chi connectivity index (χ1) is 6.08. The van der Waals surface area contributed by atoms with E-state index in [1.54, 1.807) is 0 Å². The molecule has 0 saturated heterocycles. The minimum absolute atomic E-state index is 0.102. The molecule has 13 heavy (non-hydrogen) atoms. The van der Waals surface area contributed by atoms with Crippen LogP contribution in [-0.4, -0.2) is 18.6 Å². The molecule has 0 aliphatic carbocycles. The minimum atomic E-state index is -0.102. The summed E-state index contributed by atoms with van der Waals surface area (Å²) in [5.41, 5.74) is 5.73. The van der Waals surface area contributed by atoms with Gasteiger partial charge in [-0.2, -0.15) is 0 Å². The number of thiophene rings is 1. The van der Waals surface area contributed by atoms with E-state index in [1.165, 1.54) is 4.88 Å². The average Bonchev–Trinajstić information content (AvgIpc) is 2.48. The van der Waals surface area contributed by atoms with Crippen molar-refractivity contribution in [2.24, 2.45) is 5.73 Å². The molecule has 1 aromatic heterocycles. The standard InChI is InChI=1S/C10H18N2S/c1-10(2,11)8-12-6-5-9-4-3-7-13-9/h3-4,7,12H,5-6,8,11H2,1-2H3. The second-order valence-electron chi connectivity index (χ2n) is 3.99. The van der Waals surface area contributed by atoms with Crippen LogP contribution in [0.5, 0.6) is 0 Å². The SMILES string of the molecule is CC(C)(N)CNCCc1cccs1. The summed E-state index contributed by atoms with van der Waals surface area (Å²) in [5, 5.41) is 5.46. The number of hydrogen-bond donors (Lipinski definition) is 2. The van der Waals surface area contributed by atoms with E-state index in [2.05, 4.69) is 22.8 Å². The van der Waals surface area contributed by atoms with Gasteiger partial charge in [-0.3, -0.25) is 0 Å². The van der Waals surface area contributed by atoms with E-state index < -0.39 is 0 Å². The van der Waals surface area contributed by atoms with Gasteiger partial charge in [-0.15, -0.1) is 11.3 Å². The van der Waals surface area contributed by atoms with Crippen molar-refractivity contribution in [3.63, 3.8) is 0 Å². The molecular formula is C10H18N2S. The van der Waals surface area contributed by atoms with Crippen molar-refractivity contribution >= 4 is 11.3 Å². The highest BCUT2D eigenvalue weighted by Crippen LogP contribution is 2.08. The zero-order chi connectivity index (χ0) is 9.73. The molecule has 0 amide bonds. The van der Waals surface area contributed by atoms with Gasteiger partial charge in [-0.25, -0.2) is 0 Å². The zero-order valence-electron chi connectivity index (χ0n) is 8.34. The Morgan fingerprint density at radius 3 is 2.85 bits per heavy atom. The van der Waals surface area contributed by atoms with Gasteiger partial charge in [0.1, 0.15) is 0 Å². The molecule has 3 heteroatoms. The molecular weight excluding hydrogens is 180 g/mol. The van der Waals surface area contributed by atoms with E-state index in [0.717, 1.165) is 19.5 Å². The van der Waals surface area contributed by atoms with E-state index in [4.69, 9.17) is 5.73 Å². The van der Waals surface area contributed by atoms with Crippen LogP contribution >= 0.6 is 11.3 Å². The molecule has 1 rings (SSSR count). The van der Waals surface area contributed by atoms with Gasteiger partial charge in [-0.05, 0) is 31.7 Å². The molecule has 1 heterocycles. The van der Waals surface area contributed by atoms with Gasteiger partial charge < -0.3 is 11.1 Å². The van der Waals surface area contributed by atoms with Gasteiger partial charge >= 0.3 is 0 Å². The molecule has 0 unspecified atom stereocenters. The Hall–Kier alpha value is -0.380. The first-order valence-electron chi connectivity index (χ1n) is 4.60. The predicted octanol–water partition coefficient (Wildman–Crippen LogP) is 1.62. The van der Waals surface area contributed by atoms with Gasteiger partial charge in [0.2, 0.25) is 0 Å². The van der Waals surface area contributed by atoms with Crippen LogP contribution in [-0.2, 0) is 6.42 Å². The Morgan fingerprint density at radius 1 is 1.54 bits per heavy atom. The fraction of sp³-hybridized carbons (Fsp3) is 0.600. The zero-order valence-corrected chi connectivity index (χ0v) is 9.16. The minimum Gasteiger partial charge on any atom is -0.324 e. The fourth-order valence-electron chi connectivity index (χ4n) is 1.08. The summed E-state index contributed by atoms with van der Waals surface area (Å²) in [4.78, 5) is 1.43. The quantitative estimate of drug-likeness (QED) is 0.706. The molecule has 0 aromatic carbocycles. The van der Waals surface area contributed by atoms with Crippen LogP contribution in [0.25, 0.3) is 0 Å². The second-order valence-corrected chi connectivity index (χ2v) is 5.03. The molecule has 0 aliphatic heterocycles. The molecule has 1 aromatic rings. The highest BCUT2D eigenvalue weighted by atomic mass is 32.1. The third-order valence-corrected chi connectivity index (χ3v) is 2.65. The van der Waals surface area contributed by atoms with Crippen LogP contribution in [0.3, 0.4) is 0 Å². The number of nitrogens with two attached hydrogens (primary N) is 1. The highest BCUT2D eigenvalue weighted by molar-refractivity contribution is 7.09. The van der Waals surface area contributed by atoms with Crippen LogP contribution in [0.15, 0.2) is 17.5 Å². The lowest BCUT2D eigenvalue weighted by atomic mass is 10.1. The summed E-state index contributed by atoms with van der Waals surface area (Å²) in [6.07, 6.45) is 1.10. The van der Waals surface area contributed by atoms with Crippen molar-refractivity contribution in [3.05, 3.63) is 22.4 Å². The summed E-state index contributed by atoms with van der Waals surface area (Å²) in [5.74, 6) is 0. The third kappa shape index (κ3) is 5.03. The maximum Gasteiger partial charge on any atom is 0.0223 e. The van der Waals surface area contributed by atoms with Crippen molar-refractivity contribution in [1.82, 2.24) is 5.32 Å². The highest BCUT2D eigenvalue weighted by Gasteiger charge is 2.08. The van der Waals surface area contributed by atoms with Crippen LogP contribution in [0, 0.1) is 0 Å². The van der Waals surface area contributed by atoms with Crippen LogP contribution in [0.4, 0.5) is 0 Å². The summed E-state index contributed by atoms with van der Waals surface area (Å²) in [7, 11) is 0. The largest absolute Gasteiger partial charge is 0.324 e. The average molecular weight is 198 g/mol. The normalized spacial score (nSPS) is 11.9. The van der Waals surface area contributed by atoms with Gasteiger partial charge in [0.15, 0.2) is 0 Å². The summed E-state index contributed by atoms with van der Waals surface area (Å²) in [6, 6.07) is 4.26. The molecule has 2 nitrogen and oxygen atoms in total. The molecule has 0 aliphatic rings. The number of nitrogens with one attached hydrogen (secondary N) is 1. The first-order valence-corrected chi connectivity index (χ1v) is 5.48. The summed E-state index contributed by atoms with van der Waals surface area (Å²) >= 11 is 1.81. The fourth-order valence-corrected chi connectivity index (χ4v) is 1.79. The number of hydrogen-bond acceptors (Lipinski definition) is 3. The Labute approximate surface area is 84.2 Å². The van der Waals surface area contributed by atoms with Crippen LogP contribution < -0.4 is 11.1 Å². The third-order valence-electron chi connectivity index (χ3n) is 1.71. The molecule has 0 bridgehead atoms. The maximum atomic E-state index is 5.84. The van der Waals surface area contributed by atoms with E-state index in [0.29, 0.717) is 0 Å². The first kappa shape index (κ1) is 10.7. The van der Waals surface area contributed by atoms with E-state index in [1.807, 2.05) is 25.2 Å². The maximum absolute atomic E-state index is 5.84. The molecule has 0 atom stereocenters. The van der Waals surface area contributed by atoms with Crippen LogP contribution in [0.1, 0.15) is 18.7 Å². The van der Waals surface area contributed by atoms with Crippen molar-refractivity contribution in [2.75, 3.05) is 13.1 Å². The topological polar surface area (TPSA) is 38.0 Å². The summed E-state index contributed by atoms with van der Waals surface area (Å²) in [6.45, 7) is 5.95. The van der Waals surface area contributed by atoms with E-state index >= 15 is 0 Å². The van der Waals surface area contributed by atoms with Crippen molar-refractivity contribution < 1.29 is 0 Å². The monoisotopic (exact) mass is 198 g/mol. The predicted molar refractivity (Wildman–Crippen MR) is 59.2 cm³/mol. The van der Waals surface area contributed by atoms with Crippen LogP contribution in [0.2, 0.25) is 0 Å². The smallest absolute Gasteiger partial charge is 0.0223 e. The van der Waals surface area contributed by atoms with Crippen molar-refractivity contribution in [2.45, 2.75) is 25.8 Å².